The molecule has 0 aromatic rings. The topological polar surface area (TPSA) is 0 Å². The number of rotatable bonds is 3. The normalized spacial score (nSPS) is 24.8. The van der Waals surface area contributed by atoms with Gasteiger partial charge in [0.1, 0.15) is 0 Å². The molecule has 0 aromatic carbocycles. The fourth-order valence-electron chi connectivity index (χ4n) is 1.73. The molecule has 0 nitrogen and oxygen atoms in total. The van der Waals surface area contributed by atoms with E-state index in [0.717, 1.165) is 0 Å². The first kappa shape index (κ1) is 10.1. The van der Waals surface area contributed by atoms with Gasteiger partial charge in [0.15, 0.2) is 0 Å². The fraction of sp³-hybridized carbons (Fsp3) is 0.818. The highest BCUT2D eigenvalue weighted by molar-refractivity contribution is 6.21. The minimum absolute atomic E-state index is 0.319. The van der Waals surface area contributed by atoms with Crippen LogP contribution < -0.4 is 0 Å². The molecule has 1 heteroatoms. The summed E-state index contributed by atoms with van der Waals surface area (Å²) in [6, 6.07) is 0. The van der Waals surface area contributed by atoms with Crippen molar-refractivity contribution in [1.29, 1.82) is 0 Å². The summed E-state index contributed by atoms with van der Waals surface area (Å²) in [5, 5.41) is 0.319. The van der Waals surface area contributed by atoms with Gasteiger partial charge in [0.25, 0.3) is 0 Å². The van der Waals surface area contributed by atoms with Gasteiger partial charge >= 0.3 is 0 Å². The van der Waals surface area contributed by atoms with Crippen LogP contribution in [-0.4, -0.2) is 5.38 Å². The van der Waals surface area contributed by atoms with E-state index in [2.05, 4.69) is 13.0 Å². The maximum Gasteiger partial charge on any atom is 0.0518 e. The second-order valence-corrected chi connectivity index (χ2v) is 4.25. The van der Waals surface area contributed by atoms with Crippen molar-refractivity contribution >= 4 is 11.6 Å². The molecule has 0 amide bonds. The van der Waals surface area contributed by atoms with Gasteiger partial charge in [0.2, 0.25) is 0 Å². The zero-order valence-electron chi connectivity index (χ0n) is 7.98. The average molecular weight is 187 g/mol. The fourth-order valence-corrected chi connectivity index (χ4v) is 2.06. The summed E-state index contributed by atoms with van der Waals surface area (Å²) in [4.78, 5) is 0. The Hall–Kier alpha value is 0.0300. The van der Waals surface area contributed by atoms with E-state index in [-0.39, 0.29) is 0 Å². The van der Waals surface area contributed by atoms with Crippen LogP contribution in [0.1, 0.15) is 51.9 Å². The van der Waals surface area contributed by atoms with Crippen LogP contribution in [-0.2, 0) is 0 Å². The minimum Gasteiger partial charge on any atom is -0.118 e. The standard InChI is InChI=1S/C11H19Cl/c1-2-3-6-10-7-4-5-8-11(12)9-10/h9,11H,2-8H2,1H3. The molecule has 0 aromatic heterocycles. The largest absolute Gasteiger partial charge is 0.118 e. The molecule has 70 valence electrons. The van der Waals surface area contributed by atoms with E-state index in [0.29, 0.717) is 5.38 Å². The maximum atomic E-state index is 6.12. The second-order valence-electron chi connectivity index (χ2n) is 3.69. The van der Waals surface area contributed by atoms with Gasteiger partial charge in [-0.1, -0.05) is 31.4 Å². The summed E-state index contributed by atoms with van der Waals surface area (Å²) in [6.07, 6.45) is 11.3. The summed E-state index contributed by atoms with van der Waals surface area (Å²) in [6.45, 7) is 2.25. The Morgan fingerprint density at radius 3 is 3.08 bits per heavy atom. The Balaban J connectivity index is 2.37. The third kappa shape index (κ3) is 3.62. The highest BCUT2D eigenvalue weighted by Crippen LogP contribution is 2.24. The monoisotopic (exact) mass is 186 g/mol. The molecular formula is C11H19Cl. The van der Waals surface area contributed by atoms with Gasteiger partial charge < -0.3 is 0 Å². The molecule has 1 aliphatic rings. The molecule has 1 atom stereocenters. The van der Waals surface area contributed by atoms with E-state index in [9.17, 15) is 0 Å². The first-order chi connectivity index (χ1) is 5.83. The number of hydrogen-bond donors (Lipinski definition) is 0. The predicted octanol–water partition coefficient (Wildman–Crippen LogP) is 4.28. The summed E-state index contributed by atoms with van der Waals surface area (Å²) in [5.41, 5.74) is 1.61. The molecule has 0 spiro atoms. The Labute approximate surface area is 81.0 Å². The van der Waals surface area contributed by atoms with Crippen molar-refractivity contribution in [3.63, 3.8) is 0 Å². The molecule has 0 N–H and O–H groups in total. The SMILES string of the molecule is CCCCC1=CC(Cl)CCCC1. The third-order valence-corrected chi connectivity index (χ3v) is 2.84. The zero-order valence-corrected chi connectivity index (χ0v) is 8.74. The molecule has 12 heavy (non-hydrogen) atoms. The van der Waals surface area contributed by atoms with E-state index in [1.165, 1.54) is 44.9 Å². The lowest BCUT2D eigenvalue weighted by molar-refractivity contribution is 0.691. The highest BCUT2D eigenvalue weighted by atomic mass is 35.5. The zero-order chi connectivity index (χ0) is 8.81. The van der Waals surface area contributed by atoms with Gasteiger partial charge in [0.05, 0.1) is 5.38 Å². The van der Waals surface area contributed by atoms with Crippen LogP contribution >= 0.6 is 11.6 Å². The summed E-state index contributed by atoms with van der Waals surface area (Å²) >= 11 is 6.12. The molecule has 0 radical (unpaired) electrons. The molecule has 1 rings (SSSR count). The lowest BCUT2D eigenvalue weighted by Gasteiger charge is -2.03. The number of unbranched alkanes of at least 4 members (excludes halogenated alkanes) is 1. The third-order valence-electron chi connectivity index (χ3n) is 2.50. The molecule has 0 saturated carbocycles. The lowest BCUT2D eigenvalue weighted by Crippen LogP contribution is -1.91. The molecular weight excluding hydrogens is 168 g/mol. The molecule has 0 heterocycles. The number of allylic oxidation sites excluding steroid dienone is 2. The van der Waals surface area contributed by atoms with Crippen molar-refractivity contribution < 1.29 is 0 Å². The van der Waals surface area contributed by atoms with Gasteiger partial charge in [-0.3, -0.25) is 0 Å². The average Bonchev–Trinajstić information content (AvgIpc) is 2.26. The van der Waals surface area contributed by atoms with Crippen molar-refractivity contribution in [1.82, 2.24) is 0 Å². The van der Waals surface area contributed by atoms with Gasteiger partial charge in [-0.2, -0.15) is 0 Å². The van der Waals surface area contributed by atoms with Gasteiger partial charge in [-0.05, 0) is 32.1 Å². The maximum absolute atomic E-state index is 6.12. The summed E-state index contributed by atoms with van der Waals surface area (Å²) in [5.74, 6) is 0. The predicted molar refractivity (Wildman–Crippen MR) is 55.7 cm³/mol. The van der Waals surface area contributed by atoms with Crippen LogP contribution in [0.25, 0.3) is 0 Å². The van der Waals surface area contributed by atoms with Gasteiger partial charge in [0, 0.05) is 0 Å². The van der Waals surface area contributed by atoms with E-state index in [1.807, 2.05) is 0 Å². The van der Waals surface area contributed by atoms with Crippen molar-refractivity contribution in [3.05, 3.63) is 11.6 Å². The summed E-state index contributed by atoms with van der Waals surface area (Å²) < 4.78 is 0. The van der Waals surface area contributed by atoms with Crippen LogP contribution in [0, 0.1) is 0 Å². The highest BCUT2D eigenvalue weighted by Gasteiger charge is 2.08. The Morgan fingerprint density at radius 1 is 1.50 bits per heavy atom. The number of hydrogen-bond acceptors (Lipinski definition) is 0. The Kier molecular flexibility index (Phi) is 4.75. The van der Waals surface area contributed by atoms with E-state index in [4.69, 9.17) is 11.6 Å². The second kappa shape index (κ2) is 5.64. The first-order valence-electron chi connectivity index (χ1n) is 5.16. The van der Waals surface area contributed by atoms with Gasteiger partial charge in [-0.25, -0.2) is 0 Å². The molecule has 0 fully saturated rings. The Morgan fingerprint density at radius 2 is 2.33 bits per heavy atom. The smallest absolute Gasteiger partial charge is 0.0518 e. The van der Waals surface area contributed by atoms with Crippen LogP contribution in [0.15, 0.2) is 11.6 Å². The van der Waals surface area contributed by atoms with E-state index in [1.54, 1.807) is 5.57 Å². The van der Waals surface area contributed by atoms with Crippen molar-refractivity contribution in [2.24, 2.45) is 0 Å². The minimum atomic E-state index is 0.319. The van der Waals surface area contributed by atoms with Gasteiger partial charge in [-0.15, -0.1) is 11.6 Å². The molecule has 0 saturated heterocycles. The van der Waals surface area contributed by atoms with Crippen molar-refractivity contribution in [3.8, 4) is 0 Å². The lowest BCUT2D eigenvalue weighted by atomic mass is 10.0. The van der Waals surface area contributed by atoms with E-state index < -0.39 is 0 Å². The van der Waals surface area contributed by atoms with Crippen LogP contribution in [0.5, 0.6) is 0 Å². The number of alkyl halides is 1. The molecule has 0 aliphatic heterocycles. The number of halogens is 1. The van der Waals surface area contributed by atoms with Crippen molar-refractivity contribution in [2.75, 3.05) is 0 Å². The van der Waals surface area contributed by atoms with Crippen molar-refractivity contribution in [2.45, 2.75) is 57.2 Å². The molecule has 1 unspecified atom stereocenters. The van der Waals surface area contributed by atoms with Crippen LogP contribution in [0.2, 0.25) is 0 Å². The van der Waals surface area contributed by atoms with Crippen LogP contribution in [0.4, 0.5) is 0 Å². The Bertz CT molecular complexity index is 149. The first-order valence-corrected chi connectivity index (χ1v) is 5.60. The van der Waals surface area contributed by atoms with E-state index >= 15 is 0 Å². The summed E-state index contributed by atoms with van der Waals surface area (Å²) in [7, 11) is 0. The van der Waals surface area contributed by atoms with Crippen LogP contribution in [0.3, 0.4) is 0 Å². The molecule has 0 bridgehead atoms. The molecule has 1 aliphatic carbocycles. The quantitative estimate of drug-likeness (QED) is 0.456.